The van der Waals surface area contributed by atoms with Crippen LogP contribution in [0.2, 0.25) is 0 Å². The Labute approximate surface area is 349 Å². The van der Waals surface area contributed by atoms with Crippen molar-refractivity contribution in [1.82, 2.24) is 43.6 Å². The Hall–Kier alpha value is -7.06. The van der Waals surface area contributed by atoms with Gasteiger partial charge in [0, 0.05) is 50.4 Å². The third kappa shape index (κ3) is 7.22. The number of ether oxygens (including phenoxy) is 2. The van der Waals surface area contributed by atoms with Crippen LogP contribution in [0.4, 0.5) is 17.6 Å². The third-order valence-corrected chi connectivity index (χ3v) is 11.5. The maximum absolute atomic E-state index is 13.8. The zero-order valence-electron chi connectivity index (χ0n) is 34.6. The number of carbonyl (C=O) groups excluding carboxylic acids is 4. The van der Waals surface area contributed by atoms with Crippen LogP contribution in [0.25, 0.3) is 22.1 Å². The van der Waals surface area contributed by atoms with Gasteiger partial charge in [0.2, 0.25) is 23.7 Å². The topological polar surface area (TPSA) is 263 Å². The minimum absolute atomic E-state index is 0.0477. The molecule has 0 bridgehead atoms. The van der Waals surface area contributed by atoms with E-state index < -0.39 is 23.6 Å². The van der Waals surface area contributed by atoms with E-state index >= 15 is 0 Å². The average Bonchev–Trinajstić information content (AvgIpc) is 3.94. The molecule has 318 valence electrons. The lowest BCUT2D eigenvalue weighted by Gasteiger charge is -2.57. The van der Waals surface area contributed by atoms with E-state index in [1.165, 1.54) is 23.9 Å². The molecular formula is C41H48N14O6. The van der Waals surface area contributed by atoms with Crippen LogP contribution in [0, 0.1) is 13.8 Å². The first-order valence-corrected chi connectivity index (χ1v) is 19.9. The summed E-state index contributed by atoms with van der Waals surface area (Å²) < 4.78 is 18.1. The van der Waals surface area contributed by atoms with Crippen molar-refractivity contribution < 1.29 is 28.7 Å². The van der Waals surface area contributed by atoms with E-state index in [1.807, 2.05) is 37.5 Å². The molecule has 8 N–H and O–H groups in total. The van der Waals surface area contributed by atoms with E-state index in [9.17, 15) is 19.2 Å². The van der Waals surface area contributed by atoms with Crippen LogP contribution < -0.4 is 32.6 Å². The van der Waals surface area contributed by atoms with Crippen molar-refractivity contribution in [2.45, 2.75) is 72.4 Å². The van der Waals surface area contributed by atoms with Crippen molar-refractivity contribution in [3.63, 3.8) is 0 Å². The molecule has 61 heavy (non-hydrogen) atoms. The highest BCUT2D eigenvalue weighted by Crippen LogP contribution is 2.40. The van der Waals surface area contributed by atoms with Gasteiger partial charge in [-0.15, -0.1) is 0 Å². The lowest BCUT2D eigenvalue weighted by atomic mass is 9.82. The number of carbonyl (C=O) groups is 4. The number of likely N-dealkylation sites (tertiary alicyclic amines) is 1. The minimum Gasteiger partial charge on any atom is -0.494 e. The molecule has 2 saturated heterocycles. The molecule has 20 heteroatoms. The van der Waals surface area contributed by atoms with Gasteiger partial charge in [-0.05, 0) is 70.0 Å². The average molecular weight is 833 g/mol. The molecule has 2 aliphatic heterocycles. The number of nitrogens with one attached hydrogen (secondary N) is 2. The summed E-state index contributed by atoms with van der Waals surface area (Å²) in [4.78, 5) is 64.4. The molecule has 4 aromatic heterocycles. The number of nitrogen functional groups attached to an aromatic ring is 1. The van der Waals surface area contributed by atoms with Gasteiger partial charge in [-0.3, -0.25) is 44.1 Å². The summed E-state index contributed by atoms with van der Waals surface area (Å²) in [6.45, 7) is 11.2. The summed E-state index contributed by atoms with van der Waals surface area (Å²) in [6, 6.07) is 8.18. The summed E-state index contributed by atoms with van der Waals surface area (Å²) in [6.07, 6.45) is 4.77. The largest absolute Gasteiger partial charge is 0.494 e. The fraction of sp³-hybridized carbons (Fsp3) is 0.366. The van der Waals surface area contributed by atoms with E-state index in [0.29, 0.717) is 77.8 Å². The number of fused-ring (bicyclic) bond motifs is 2. The minimum atomic E-state index is -0.673. The fourth-order valence-electron chi connectivity index (χ4n) is 8.11. The second-order valence-electron chi connectivity index (χ2n) is 15.3. The SMILES string of the molecule is CCn1nc(C)cc1C(=O)Nc1nc2cc(C(N)=O)cc(CN3CCC34COC4)c2n1C/C=C/Cn1c(NC(=O)c2c(N)c(C)nn2CC)nc2cc(C(N)=O)cc(OC)c21. The van der Waals surface area contributed by atoms with Crippen LogP contribution >= 0.6 is 0 Å². The molecule has 0 radical (unpaired) electrons. The van der Waals surface area contributed by atoms with Crippen LogP contribution in [0.15, 0.2) is 42.5 Å². The summed E-state index contributed by atoms with van der Waals surface area (Å²) >= 11 is 0. The Balaban J connectivity index is 1.19. The Morgan fingerprint density at radius 2 is 1.44 bits per heavy atom. The van der Waals surface area contributed by atoms with Crippen molar-refractivity contribution in [2.75, 3.05) is 43.2 Å². The van der Waals surface area contributed by atoms with Gasteiger partial charge < -0.3 is 35.8 Å². The second-order valence-corrected chi connectivity index (χ2v) is 15.3. The number of primary amides is 2. The van der Waals surface area contributed by atoms with Gasteiger partial charge in [0.25, 0.3) is 11.8 Å². The molecule has 20 nitrogen and oxygen atoms in total. The van der Waals surface area contributed by atoms with Crippen LogP contribution in [-0.4, -0.2) is 99.6 Å². The van der Waals surface area contributed by atoms with Crippen LogP contribution in [-0.2, 0) is 37.5 Å². The highest BCUT2D eigenvalue weighted by molar-refractivity contribution is 6.07. The van der Waals surface area contributed by atoms with Crippen molar-refractivity contribution in [3.05, 3.63) is 81.9 Å². The summed E-state index contributed by atoms with van der Waals surface area (Å²) in [5.74, 6) is -1.49. The number of imidazole rings is 2. The molecule has 0 unspecified atom stereocenters. The number of hydrogen-bond donors (Lipinski definition) is 5. The Morgan fingerprint density at radius 3 is 2.00 bits per heavy atom. The van der Waals surface area contributed by atoms with Crippen LogP contribution in [0.5, 0.6) is 5.75 Å². The summed E-state index contributed by atoms with van der Waals surface area (Å²) in [5.41, 5.74) is 23.1. The Bertz CT molecular complexity index is 2780. The zero-order valence-corrected chi connectivity index (χ0v) is 34.6. The number of nitrogens with two attached hydrogens (primary N) is 3. The number of methoxy groups -OCH3 is 1. The smallest absolute Gasteiger partial charge is 0.278 e. The van der Waals surface area contributed by atoms with Crippen molar-refractivity contribution >= 4 is 63.3 Å². The monoisotopic (exact) mass is 832 g/mol. The number of anilines is 3. The first kappa shape index (κ1) is 40.7. The maximum atomic E-state index is 13.8. The predicted octanol–water partition coefficient (Wildman–Crippen LogP) is 2.96. The van der Waals surface area contributed by atoms with E-state index in [-0.39, 0.29) is 47.5 Å². The number of hydrogen-bond acceptors (Lipinski definition) is 12. The first-order chi connectivity index (χ1) is 29.2. The van der Waals surface area contributed by atoms with Crippen LogP contribution in [0.1, 0.15) is 78.9 Å². The highest BCUT2D eigenvalue weighted by atomic mass is 16.5. The molecule has 6 heterocycles. The van der Waals surface area contributed by atoms with Gasteiger partial charge in [0.15, 0.2) is 0 Å². The van der Waals surface area contributed by atoms with Gasteiger partial charge in [-0.2, -0.15) is 10.2 Å². The maximum Gasteiger partial charge on any atom is 0.278 e. The number of aryl methyl sites for hydroxylation is 4. The molecule has 0 aliphatic carbocycles. The summed E-state index contributed by atoms with van der Waals surface area (Å²) in [7, 11) is 1.46. The van der Waals surface area contributed by atoms with E-state index in [4.69, 9.17) is 36.6 Å². The Morgan fingerprint density at radius 1 is 0.836 bits per heavy atom. The van der Waals surface area contributed by atoms with Gasteiger partial charge in [-0.25, -0.2) is 9.97 Å². The van der Waals surface area contributed by atoms with Crippen molar-refractivity contribution in [1.29, 1.82) is 0 Å². The number of amides is 4. The molecule has 0 saturated carbocycles. The summed E-state index contributed by atoms with van der Waals surface area (Å²) in [5, 5.41) is 14.7. The molecule has 6 aromatic rings. The predicted molar refractivity (Wildman–Crippen MR) is 226 cm³/mol. The van der Waals surface area contributed by atoms with Crippen molar-refractivity contribution in [3.8, 4) is 5.75 Å². The third-order valence-electron chi connectivity index (χ3n) is 11.5. The highest BCUT2D eigenvalue weighted by Gasteiger charge is 2.50. The molecule has 2 fully saturated rings. The van der Waals surface area contributed by atoms with Crippen LogP contribution in [0.3, 0.4) is 0 Å². The molecule has 2 aromatic carbocycles. The number of rotatable bonds is 15. The van der Waals surface area contributed by atoms with E-state index in [2.05, 4.69) is 25.7 Å². The number of aromatic nitrogens is 8. The number of benzene rings is 2. The standard InChI is InChI=1S/C41H48N14O6/c1-6-54-29(14-22(3)49-54)37(58)47-39-45-27-16-24(35(43)56)15-26(19-51-13-10-41(51)20-61-21-41)32(27)52(39)11-8-9-12-53-33-28(17-25(36(44)57)18-30(33)60-5)46-40(53)48-38(59)34-31(42)23(4)50-55(34)7-2/h8-9,14-18H,6-7,10-13,19-21,42H2,1-5H3,(H2,43,56)(H2,44,57)(H,45,47,58)(H,46,48,59)/b9-8+. The van der Waals surface area contributed by atoms with Gasteiger partial charge in [0.05, 0.1) is 59.5 Å². The van der Waals surface area contributed by atoms with Gasteiger partial charge >= 0.3 is 0 Å². The van der Waals surface area contributed by atoms with E-state index in [1.54, 1.807) is 34.4 Å². The number of allylic oxidation sites excluding steroid dienone is 2. The zero-order chi connectivity index (χ0) is 43.3. The normalized spacial score (nSPS) is 14.8. The lowest BCUT2D eigenvalue weighted by molar-refractivity contribution is -0.195. The fourth-order valence-corrected chi connectivity index (χ4v) is 8.11. The quantitative estimate of drug-likeness (QED) is 0.0936. The molecule has 4 amide bonds. The van der Waals surface area contributed by atoms with Crippen molar-refractivity contribution in [2.24, 2.45) is 11.5 Å². The Kier molecular flexibility index (Phi) is 10.6. The van der Waals surface area contributed by atoms with Gasteiger partial charge in [-0.1, -0.05) is 12.2 Å². The molecule has 2 aliphatic rings. The molecule has 8 rings (SSSR count). The molecule has 0 atom stereocenters. The number of nitrogens with zero attached hydrogens (tertiary/aromatic N) is 9. The van der Waals surface area contributed by atoms with E-state index in [0.717, 1.165) is 24.0 Å². The van der Waals surface area contributed by atoms with Gasteiger partial charge in [0.1, 0.15) is 22.7 Å². The molecular weight excluding hydrogens is 785 g/mol. The first-order valence-electron chi connectivity index (χ1n) is 19.9. The second kappa shape index (κ2) is 15.8. The molecule has 1 spiro atoms. The lowest BCUT2D eigenvalue weighted by Crippen LogP contribution is -2.70.